The number of likely N-dealkylation sites (tertiary alicyclic amines) is 1. The number of benzene rings is 1. The molecule has 0 bridgehead atoms. The summed E-state index contributed by atoms with van der Waals surface area (Å²) in [6.45, 7) is 6.01. The summed E-state index contributed by atoms with van der Waals surface area (Å²) >= 11 is 0. The van der Waals surface area contributed by atoms with E-state index in [1.807, 2.05) is 49.1 Å². The molecule has 1 atom stereocenters. The van der Waals surface area contributed by atoms with E-state index in [0.29, 0.717) is 6.54 Å². The lowest BCUT2D eigenvalue weighted by atomic mass is 10.0. The Morgan fingerprint density at radius 2 is 1.60 bits per heavy atom. The summed E-state index contributed by atoms with van der Waals surface area (Å²) in [5.41, 5.74) is 1.04. The van der Waals surface area contributed by atoms with Crippen LogP contribution in [-0.4, -0.2) is 36.0 Å². The minimum absolute atomic E-state index is 0.0479. The number of nitrogens with one attached hydrogen (secondary N) is 2. The maximum atomic E-state index is 12.9. The molecule has 5 nitrogen and oxygen atoms in total. The molecule has 0 aromatic heterocycles. The van der Waals surface area contributed by atoms with Crippen LogP contribution in [0.15, 0.2) is 30.3 Å². The van der Waals surface area contributed by atoms with E-state index in [1.54, 1.807) is 0 Å². The topological polar surface area (TPSA) is 61.4 Å². The van der Waals surface area contributed by atoms with Crippen molar-refractivity contribution in [1.29, 1.82) is 0 Å². The summed E-state index contributed by atoms with van der Waals surface area (Å²) in [5.74, 6) is 0.104. The summed E-state index contributed by atoms with van der Waals surface area (Å²) in [4.78, 5) is 27.1. The van der Waals surface area contributed by atoms with Crippen molar-refractivity contribution >= 4 is 11.9 Å². The maximum Gasteiger partial charge on any atom is 0.315 e. The molecule has 1 heterocycles. The lowest BCUT2D eigenvalue weighted by Gasteiger charge is -2.31. The van der Waals surface area contributed by atoms with Gasteiger partial charge in [-0.25, -0.2) is 4.79 Å². The molecule has 0 unspecified atom stereocenters. The van der Waals surface area contributed by atoms with Crippen LogP contribution in [0.25, 0.3) is 0 Å². The lowest BCUT2D eigenvalue weighted by Crippen LogP contribution is -2.54. The zero-order chi connectivity index (χ0) is 18.1. The van der Waals surface area contributed by atoms with Crippen molar-refractivity contribution < 1.29 is 9.59 Å². The second-order valence-corrected chi connectivity index (χ2v) is 7.13. The molecule has 138 valence electrons. The molecular formula is C20H31N3O2. The SMILES string of the molecule is CC(C)[C@@H](NC(=O)NCc1ccccc1)C(=O)N1CCCCCCC1. The van der Waals surface area contributed by atoms with Gasteiger partial charge in [0.2, 0.25) is 5.91 Å². The third-order valence-electron chi connectivity index (χ3n) is 4.68. The molecule has 0 aliphatic carbocycles. The van der Waals surface area contributed by atoms with Crippen molar-refractivity contribution in [2.45, 2.75) is 58.5 Å². The Labute approximate surface area is 151 Å². The molecule has 0 radical (unpaired) electrons. The molecule has 1 aromatic carbocycles. The van der Waals surface area contributed by atoms with Gasteiger partial charge in [-0.15, -0.1) is 0 Å². The van der Waals surface area contributed by atoms with Gasteiger partial charge in [0.05, 0.1) is 0 Å². The highest BCUT2D eigenvalue weighted by Gasteiger charge is 2.28. The van der Waals surface area contributed by atoms with Crippen LogP contribution in [0.2, 0.25) is 0 Å². The Morgan fingerprint density at radius 1 is 1.00 bits per heavy atom. The molecule has 2 N–H and O–H groups in total. The van der Waals surface area contributed by atoms with Crippen LogP contribution < -0.4 is 10.6 Å². The Bertz CT molecular complexity index is 537. The van der Waals surface area contributed by atoms with Gasteiger partial charge in [0, 0.05) is 19.6 Å². The van der Waals surface area contributed by atoms with Gasteiger partial charge in [0.25, 0.3) is 0 Å². The van der Waals surface area contributed by atoms with E-state index in [-0.39, 0.29) is 17.9 Å². The Kier molecular flexibility index (Phi) is 7.76. The van der Waals surface area contributed by atoms with Gasteiger partial charge in [0.1, 0.15) is 6.04 Å². The van der Waals surface area contributed by atoms with Crippen molar-refractivity contribution in [3.05, 3.63) is 35.9 Å². The highest BCUT2D eigenvalue weighted by Crippen LogP contribution is 2.14. The number of rotatable bonds is 5. The van der Waals surface area contributed by atoms with E-state index in [4.69, 9.17) is 0 Å². The van der Waals surface area contributed by atoms with Crippen LogP contribution in [0.5, 0.6) is 0 Å². The van der Waals surface area contributed by atoms with Crippen molar-refractivity contribution in [3.63, 3.8) is 0 Å². The van der Waals surface area contributed by atoms with E-state index >= 15 is 0 Å². The van der Waals surface area contributed by atoms with Crippen LogP contribution in [0.3, 0.4) is 0 Å². The summed E-state index contributed by atoms with van der Waals surface area (Å²) < 4.78 is 0. The fourth-order valence-corrected chi connectivity index (χ4v) is 3.15. The number of carbonyl (C=O) groups is 2. The molecule has 0 saturated carbocycles. The fraction of sp³-hybridized carbons (Fsp3) is 0.600. The molecule has 1 aliphatic heterocycles. The van der Waals surface area contributed by atoms with Gasteiger partial charge in [-0.05, 0) is 24.3 Å². The van der Waals surface area contributed by atoms with Gasteiger partial charge in [-0.1, -0.05) is 63.4 Å². The molecule has 2 rings (SSSR count). The van der Waals surface area contributed by atoms with Crippen molar-refractivity contribution in [2.75, 3.05) is 13.1 Å². The molecule has 1 aromatic rings. The molecule has 5 heteroatoms. The number of amides is 3. The van der Waals surface area contributed by atoms with Crippen LogP contribution >= 0.6 is 0 Å². The monoisotopic (exact) mass is 345 g/mol. The molecule has 3 amide bonds. The zero-order valence-electron chi connectivity index (χ0n) is 15.5. The number of carbonyl (C=O) groups excluding carboxylic acids is 2. The minimum atomic E-state index is -0.477. The lowest BCUT2D eigenvalue weighted by molar-refractivity contribution is -0.134. The fourth-order valence-electron chi connectivity index (χ4n) is 3.15. The van der Waals surface area contributed by atoms with Gasteiger partial charge in [0.15, 0.2) is 0 Å². The average molecular weight is 345 g/mol. The average Bonchev–Trinajstić information content (AvgIpc) is 2.58. The van der Waals surface area contributed by atoms with Crippen molar-refractivity contribution in [1.82, 2.24) is 15.5 Å². The Morgan fingerprint density at radius 3 is 2.20 bits per heavy atom. The minimum Gasteiger partial charge on any atom is -0.341 e. The second kappa shape index (κ2) is 10.1. The summed E-state index contributed by atoms with van der Waals surface area (Å²) in [6, 6.07) is 8.99. The van der Waals surface area contributed by atoms with Crippen LogP contribution in [0.1, 0.15) is 51.5 Å². The van der Waals surface area contributed by atoms with E-state index < -0.39 is 6.04 Å². The van der Waals surface area contributed by atoms with Crippen LogP contribution in [0, 0.1) is 5.92 Å². The first-order valence-electron chi connectivity index (χ1n) is 9.45. The van der Waals surface area contributed by atoms with Crippen molar-refractivity contribution in [2.24, 2.45) is 5.92 Å². The quantitative estimate of drug-likeness (QED) is 0.860. The first-order valence-corrected chi connectivity index (χ1v) is 9.45. The molecule has 1 aliphatic rings. The van der Waals surface area contributed by atoms with Crippen LogP contribution in [-0.2, 0) is 11.3 Å². The summed E-state index contributed by atoms with van der Waals surface area (Å²) in [6.07, 6.45) is 5.73. The zero-order valence-corrected chi connectivity index (χ0v) is 15.5. The van der Waals surface area contributed by atoms with E-state index in [0.717, 1.165) is 31.5 Å². The number of nitrogens with zero attached hydrogens (tertiary/aromatic N) is 1. The maximum absolute atomic E-state index is 12.9. The number of hydrogen-bond acceptors (Lipinski definition) is 2. The predicted molar refractivity (Wildman–Crippen MR) is 100 cm³/mol. The first kappa shape index (κ1) is 19.3. The van der Waals surface area contributed by atoms with Gasteiger partial charge in [-0.2, -0.15) is 0 Å². The molecular weight excluding hydrogens is 314 g/mol. The normalized spacial score (nSPS) is 16.7. The number of urea groups is 1. The van der Waals surface area contributed by atoms with Gasteiger partial charge >= 0.3 is 6.03 Å². The van der Waals surface area contributed by atoms with E-state index in [1.165, 1.54) is 19.3 Å². The first-order chi connectivity index (χ1) is 12.1. The Balaban J connectivity index is 1.89. The van der Waals surface area contributed by atoms with Gasteiger partial charge in [-0.3, -0.25) is 4.79 Å². The molecule has 1 saturated heterocycles. The Hall–Kier alpha value is -2.04. The predicted octanol–water partition coefficient (Wildman–Crippen LogP) is 3.30. The van der Waals surface area contributed by atoms with Gasteiger partial charge < -0.3 is 15.5 Å². The largest absolute Gasteiger partial charge is 0.341 e. The van der Waals surface area contributed by atoms with E-state index in [2.05, 4.69) is 10.6 Å². The molecule has 1 fully saturated rings. The van der Waals surface area contributed by atoms with Crippen LogP contribution in [0.4, 0.5) is 4.79 Å². The molecule has 25 heavy (non-hydrogen) atoms. The smallest absolute Gasteiger partial charge is 0.315 e. The third kappa shape index (κ3) is 6.40. The molecule has 0 spiro atoms. The standard InChI is InChI=1S/C20H31N3O2/c1-16(2)18(19(24)23-13-9-4-3-5-10-14-23)22-20(25)21-15-17-11-7-6-8-12-17/h6-8,11-12,16,18H,3-5,9-10,13-15H2,1-2H3,(H2,21,22,25)/t18-/m1/s1. The number of hydrogen-bond donors (Lipinski definition) is 2. The highest BCUT2D eigenvalue weighted by molar-refractivity contribution is 5.87. The van der Waals surface area contributed by atoms with E-state index in [9.17, 15) is 9.59 Å². The summed E-state index contributed by atoms with van der Waals surface area (Å²) in [7, 11) is 0. The third-order valence-corrected chi connectivity index (χ3v) is 4.68. The highest BCUT2D eigenvalue weighted by atomic mass is 16.2. The second-order valence-electron chi connectivity index (χ2n) is 7.13. The van der Waals surface area contributed by atoms with Crippen molar-refractivity contribution in [3.8, 4) is 0 Å². The summed E-state index contributed by atoms with van der Waals surface area (Å²) in [5, 5.41) is 5.72.